The Morgan fingerprint density at radius 3 is 2.46 bits per heavy atom. The Bertz CT molecular complexity index is 1450. The first kappa shape index (κ1) is 26.3. The molecule has 0 spiro atoms. The average Bonchev–Trinajstić information content (AvgIpc) is 3.30. The van der Waals surface area contributed by atoms with Gasteiger partial charge in [-0.2, -0.15) is 13.2 Å². The molecule has 14 heteroatoms. The van der Waals surface area contributed by atoms with Crippen LogP contribution in [0.5, 0.6) is 0 Å². The Morgan fingerprint density at radius 1 is 1.14 bits per heavy atom. The highest BCUT2D eigenvalue weighted by molar-refractivity contribution is 7.90. The lowest BCUT2D eigenvalue weighted by molar-refractivity contribution is -0.137. The molecule has 0 atom stereocenters. The van der Waals surface area contributed by atoms with Gasteiger partial charge in [-0.1, -0.05) is 47.2 Å². The van der Waals surface area contributed by atoms with Crippen molar-refractivity contribution in [1.82, 2.24) is 10.2 Å². The van der Waals surface area contributed by atoms with Crippen molar-refractivity contribution in [3.05, 3.63) is 69.8 Å². The highest BCUT2D eigenvalue weighted by atomic mass is 35.5. The summed E-state index contributed by atoms with van der Waals surface area (Å²) in [4.78, 5) is 16.0. The number of para-hydroxylation sites is 1. The fourth-order valence-corrected chi connectivity index (χ4v) is 4.51. The van der Waals surface area contributed by atoms with Crippen molar-refractivity contribution in [2.45, 2.75) is 11.1 Å². The van der Waals surface area contributed by atoms with Gasteiger partial charge in [0.2, 0.25) is 0 Å². The molecule has 0 fully saturated rings. The SMILES string of the molecule is COC(=O)C(N)=C(Cl)C(=Nc1ccccc1C(F)(F)F)c1nnc(-c2cccc(S(C)(=O)=O)c2)s1. The molecule has 0 saturated carbocycles. The number of carbonyl (C=O) groups excluding carboxylic acids is 1. The molecule has 2 aromatic carbocycles. The maximum atomic E-state index is 13.5. The van der Waals surface area contributed by atoms with Gasteiger partial charge in [0.05, 0.1) is 28.3 Å². The van der Waals surface area contributed by atoms with Gasteiger partial charge in [-0.25, -0.2) is 18.2 Å². The summed E-state index contributed by atoms with van der Waals surface area (Å²) in [7, 11) is -2.46. The van der Waals surface area contributed by atoms with Crippen molar-refractivity contribution < 1.29 is 31.1 Å². The topological polar surface area (TPSA) is 125 Å². The fraction of sp³-hybridized carbons (Fsp3) is 0.143. The molecule has 8 nitrogen and oxygen atoms in total. The average molecular weight is 545 g/mol. The second-order valence-electron chi connectivity index (χ2n) is 6.91. The highest BCUT2D eigenvalue weighted by Gasteiger charge is 2.34. The third kappa shape index (κ3) is 6.05. The number of sulfone groups is 1. The van der Waals surface area contributed by atoms with E-state index < -0.39 is 44.0 Å². The van der Waals surface area contributed by atoms with Crippen molar-refractivity contribution in [2.75, 3.05) is 13.4 Å². The van der Waals surface area contributed by atoms with Gasteiger partial charge in [0.1, 0.15) is 16.4 Å². The number of halogens is 4. The third-order valence-corrected chi connectivity index (χ3v) is 6.90. The van der Waals surface area contributed by atoms with Gasteiger partial charge in [0, 0.05) is 11.8 Å². The van der Waals surface area contributed by atoms with Crippen molar-refractivity contribution in [1.29, 1.82) is 0 Å². The first-order chi connectivity index (χ1) is 16.3. The lowest BCUT2D eigenvalue weighted by Gasteiger charge is -2.11. The standard InChI is InChI=1S/C21H16ClF3N4O4S2/c1-33-20(30)16(26)15(22)17(27-14-9-4-3-8-13(14)21(23,24)25)19-29-28-18(34-19)11-6-5-7-12(10-11)35(2,31)32/h3-10H,26H2,1-2H3. The van der Waals surface area contributed by atoms with E-state index in [2.05, 4.69) is 19.9 Å². The predicted octanol–water partition coefficient (Wildman–Crippen LogP) is 4.33. The minimum Gasteiger partial charge on any atom is -0.464 e. The fourth-order valence-electron chi connectivity index (χ4n) is 2.74. The minimum absolute atomic E-state index is 0.0348. The number of aliphatic imine (C=N–C) groups is 1. The zero-order valence-electron chi connectivity index (χ0n) is 18.0. The Morgan fingerprint density at radius 2 is 1.83 bits per heavy atom. The molecule has 3 aromatic rings. The number of nitrogens with zero attached hydrogens (tertiary/aromatic N) is 3. The van der Waals surface area contributed by atoms with Crippen LogP contribution < -0.4 is 5.73 Å². The summed E-state index contributed by atoms with van der Waals surface area (Å²) in [5, 5.41) is 7.58. The normalized spacial score (nSPS) is 13.4. The number of hydrogen-bond donors (Lipinski definition) is 1. The number of ether oxygens (including phenoxy) is 1. The maximum absolute atomic E-state index is 13.5. The van der Waals surface area contributed by atoms with Crippen LogP contribution in [0.4, 0.5) is 18.9 Å². The first-order valence-electron chi connectivity index (χ1n) is 9.46. The van der Waals surface area contributed by atoms with E-state index in [4.69, 9.17) is 17.3 Å². The maximum Gasteiger partial charge on any atom is 0.418 e. The smallest absolute Gasteiger partial charge is 0.418 e. The molecular formula is C21H16ClF3N4O4S2. The van der Waals surface area contributed by atoms with Crippen molar-refractivity contribution in [3.8, 4) is 10.6 Å². The molecule has 2 N–H and O–H groups in total. The molecule has 1 heterocycles. The second kappa shape index (κ2) is 10.1. The largest absolute Gasteiger partial charge is 0.464 e. The number of alkyl halides is 3. The summed E-state index contributed by atoms with van der Waals surface area (Å²) in [5.74, 6) is -1.03. The highest BCUT2D eigenvalue weighted by Crippen LogP contribution is 2.37. The number of carbonyl (C=O) groups is 1. The summed E-state index contributed by atoms with van der Waals surface area (Å²) < 4.78 is 68.8. The molecule has 0 aliphatic heterocycles. The Labute approximate surface area is 206 Å². The molecule has 0 aliphatic carbocycles. The molecular weight excluding hydrogens is 529 g/mol. The van der Waals surface area contributed by atoms with Crippen LogP contribution in [0.3, 0.4) is 0 Å². The van der Waals surface area contributed by atoms with E-state index in [1.165, 1.54) is 30.3 Å². The van der Waals surface area contributed by atoms with Crippen LogP contribution in [-0.4, -0.2) is 43.7 Å². The van der Waals surface area contributed by atoms with Crippen LogP contribution in [0.15, 0.2) is 69.1 Å². The summed E-state index contributed by atoms with van der Waals surface area (Å²) in [6.45, 7) is 0. The van der Waals surface area contributed by atoms with Crippen LogP contribution in [-0.2, 0) is 25.5 Å². The van der Waals surface area contributed by atoms with Crippen molar-refractivity contribution in [2.24, 2.45) is 10.7 Å². The summed E-state index contributed by atoms with van der Waals surface area (Å²) in [6, 6.07) is 10.3. The van der Waals surface area contributed by atoms with Gasteiger partial charge in [-0.05, 0) is 24.3 Å². The van der Waals surface area contributed by atoms with Gasteiger partial charge in [0.25, 0.3) is 0 Å². The first-order valence-corrected chi connectivity index (χ1v) is 12.5. The quantitative estimate of drug-likeness (QED) is 0.278. The lowest BCUT2D eigenvalue weighted by atomic mass is 10.1. The van der Waals surface area contributed by atoms with Gasteiger partial charge in [0.15, 0.2) is 14.8 Å². The van der Waals surface area contributed by atoms with Gasteiger partial charge in [-0.15, -0.1) is 10.2 Å². The number of aromatic nitrogens is 2. The number of esters is 1. The monoisotopic (exact) mass is 544 g/mol. The zero-order valence-corrected chi connectivity index (χ0v) is 20.4. The Kier molecular flexibility index (Phi) is 7.62. The van der Waals surface area contributed by atoms with E-state index in [9.17, 15) is 26.4 Å². The van der Waals surface area contributed by atoms with Gasteiger partial charge >= 0.3 is 12.1 Å². The van der Waals surface area contributed by atoms with Crippen LogP contribution in [0.2, 0.25) is 0 Å². The van der Waals surface area contributed by atoms with Gasteiger partial charge in [-0.3, -0.25) is 0 Å². The molecule has 0 saturated heterocycles. The van der Waals surface area contributed by atoms with Crippen molar-refractivity contribution in [3.63, 3.8) is 0 Å². The second-order valence-corrected chi connectivity index (χ2v) is 10.3. The number of methoxy groups -OCH3 is 1. The molecule has 0 aliphatic rings. The number of allylic oxidation sites excluding steroid dienone is 1. The number of benzene rings is 2. The van der Waals surface area contributed by atoms with E-state index in [1.54, 1.807) is 6.07 Å². The van der Waals surface area contributed by atoms with Crippen LogP contribution in [0.25, 0.3) is 10.6 Å². The minimum atomic E-state index is -4.73. The predicted molar refractivity (Wildman–Crippen MR) is 125 cm³/mol. The zero-order chi connectivity index (χ0) is 26.0. The van der Waals surface area contributed by atoms with Crippen molar-refractivity contribution >= 4 is 50.1 Å². The Balaban J connectivity index is 2.21. The summed E-state index contributed by atoms with van der Waals surface area (Å²) in [6.07, 6.45) is -3.69. The molecule has 0 bridgehead atoms. The lowest BCUT2D eigenvalue weighted by Crippen LogP contribution is -2.18. The number of rotatable bonds is 6. The van der Waals surface area contributed by atoms with E-state index in [0.29, 0.717) is 5.56 Å². The van der Waals surface area contributed by atoms with Crippen LogP contribution >= 0.6 is 22.9 Å². The van der Waals surface area contributed by atoms with Gasteiger partial charge < -0.3 is 10.5 Å². The van der Waals surface area contributed by atoms with Crippen LogP contribution in [0, 0.1) is 0 Å². The molecule has 3 rings (SSSR count). The van der Waals surface area contributed by atoms with E-state index in [1.807, 2.05) is 0 Å². The molecule has 1 aromatic heterocycles. The third-order valence-electron chi connectivity index (χ3n) is 4.43. The molecule has 0 unspecified atom stereocenters. The summed E-state index contributed by atoms with van der Waals surface area (Å²) in [5.41, 5.74) is 3.61. The molecule has 184 valence electrons. The summed E-state index contributed by atoms with van der Waals surface area (Å²) >= 11 is 7.12. The van der Waals surface area contributed by atoms with E-state index in [0.717, 1.165) is 36.8 Å². The number of nitrogens with two attached hydrogens (primary N) is 1. The van der Waals surface area contributed by atoms with E-state index in [-0.39, 0.29) is 20.6 Å². The molecule has 0 amide bonds. The Hall–Kier alpha value is -3.29. The van der Waals surface area contributed by atoms with Crippen LogP contribution in [0.1, 0.15) is 10.6 Å². The molecule has 35 heavy (non-hydrogen) atoms. The molecule has 0 radical (unpaired) electrons. The van der Waals surface area contributed by atoms with E-state index >= 15 is 0 Å². The number of hydrogen-bond acceptors (Lipinski definition) is 9.